The number of hydrogen-bond acceptors (Lipinski definition) is 2. The molecule has 1 radical (unpaired) electrons. The van der Waals surface area contributed by atoms with Crippen LogP contribution in [0.25, 0.3) is 11.1 Å². The van der Waals surface area contributed by atoms with E-state index in [-0.39, 0.29) is 0 Å². The van der Waals surface area contributed by atoms with Crippen LogP contribution in [0, 0.1) is 6.07 Å². The van der Waals surface area contributed by atoms with E-state index in [1.54, 1.807) is 0 Å². The summed E-state index contributed by atoms with van der Waals surface area (Å²) in [4.78, 5) is 0. The molecule has 2 nitrogen and oxygen atoms in total. The lowest BCUT2D eigenvalue weighted by atomic mass is 10.0. The molecule has 0 N–H and O–H groups in total. The number of hydrogen-bond donors (Lipinski definition) is 0. The van der Waals surface area contributed by atoms with Crippen LogP contribution in [-0.4, -0.2) is 13.2 Å². The van der Waals surface area contributed by atoms with Crippen LogP contribution in [0.4, 0.5) is 0 Å². The Kier molecular flexibility index (Phi) is 3.13. The van der Waals surface area contributed by atoms with Crippen LogP contribution in [0.15, 0.2) is 42.5 Å². The fraction of sp³-hybridized carbons (Fsp3) is 0.294. The van der Waals surface area contributed by atoms with Crippen LogP contribution in [0.3, 0.4) is 0 Å². The average molecular weight is 253 g/mol. The largest absolute Gasteiger partial charge is 0.342 e. The van der Waals surface area contributed by atoms with Gasteiger partial charge in [0.1, 0.15) is 0 Å². The van der Waals surface area contributed by atoms with Gasteiger partial charge in [-0.2, -0.15) is 0 Å². The van der Waals surface area contributed by atoms with Crippen molar-refractivity contribution in [1.29, 1.82) is 0 Å². The van der Waals surface area contributed by atoms with Crippen molar-refractivity contribution in [2.75, 3.05) is 13.2 Å². The molecule has 0 saturated carbocycles. The lowest BCUT2D eigenvalue weighted by Gasteiger charge is -2.31. The van der Waals surface area contributed by atoms with Crippen LogP contribution in [0.2, 0.25) is 0 Å². The first-order valence-corrected chi connectivity index (χ1v) is 6.72. The molecule has 19 heavy (non-hydrogen) atoms. The third kappa shape index (κ3) is 1.71. The molecule has 0 saturated heterocycles. The van der Waals surface area contributed by atoms with E-state index in [4.69, 9.17) is 9.47 Å². The summed E-state index contributed by atoms with van der Waals surface area (Å²) in [6.45, 7) is 5.19. The molecule has 0 heterocycles. The molecule has 0 amide bonds. The molecular weight excluding hydrogens is 236 g/mol. The first kappa shape index (κ1) is 12.4. The van der Waals surface area contributed by atoms with E-state index in [1.807, 2.05) is 38.1 Å². The quantitative estimate of drug-likeness (QED) is 0.773. The Hall–Kier alpha value is -1.64. The molecule has 1 aliphatic carbocycles. The van der Waals surface area contributed by atoms with Gasteiger partial charge >= 0.3 is 0 Å². The van der Waals surface area contributed by atoms with E-state index >= 15 is 0 Å². The summed E-state index contributed by atoms with van der Waals surface area (Å²) in [5, 5.41) is 0. The fourth-order valence-corrected chi connectivity index (χ4v) is 2.85. The van der Waals surface area contributed by atoms with Gasteiger partial charge in [-0.1, -0.05) is 36.4 Å². The first-order chi connectivity index (χ1) is 9.33. The second kappa shape index (κ2) is 4.80. The molecule has 97 valence electrons. The normalized spacial score (nSPS) is 15.1. The van der Waals surface area contributed by atoms with E-state index in [0.717, 1.165) is 11.1 Å². The summed E-state index contributed by atoms with van der Waals surface area (Å²) < 4.78 is 12.1. The molecular formula is C17H17O2. The van der Waals surface area contributed by atoms with Crippen molar-refractivity contribution in [3.8, 4) is 11.1 Å². The smallest absolute Gasteiger partial charge is 0.223 e. The maximum atomic E-state index is 6.04. The van der Waals surface area contributed by atoms with Crippen LogP contribution in [0.1, 0.15) is 25.0 Å². The van der Waals surface area contributed by atoms with Gasteiger partial charge < -0.3 is 9.47 Å². The van der Waals surface area contributed by atoms with Crippen molar-refractivity contribution >= 4 is 0 Å². The first-order valence-electron chi connectivity index (χ1n) is 6.72. The Morgan fingerprint density at radius 3 is 2.37 bits per heavy atom. The lowest BCUT2D eigenvalue weighted by molar-refractivity contribution is -0.210. The Morgan fingerprint density at radius 2 is 1.63 bits per heavy atom. The van der Waals surface area contributed by atoms with E-state index in [0.29, 0.717) is 13.2 Å². The monoisotopic (exact) mass is 253 g/mol. The van der Waals surface area contributed by atoms with Crippen molar-refractivity contribution in [3.63, 3.8) is 0 Å². The Labute approximate surface area is 114 Å². The number of rotatable bonds is 4. The minimum absolute atomic E-state index is 0.600. The summed E-state index contributed by atoms with van der Waals surface area (Å²) in [5.41, 5.74) is 4.51. The highest BCUT2D eigenvalue weighted by Crippen LogP contribution is 2.49. The number of ether oxygens (including phenoxy) is 2. The molecule has 0 aromatic heterocycles. The molecule has 0 bridgehead atoms. The Balaban J connectivity index is 2.28. The zero-order chi connectivity index (χ0) is 13.3. The van der Waals surface area contributed by atoms with Gasteiger partial charge in [0.05, 0.1) is 0 Å². The SMILES string of the molecule is CCOC1(OCC)c2c[c]ccc2-c2ccccc21. The third-order valence-corrected chi connectivity index (χ3v) is 3.49. The topological polar surface area (TPSA) is 18.5 Å². The van der Waals surface area contributed by atoms with Gasteiger partial charge in [0.15, 0.2) is 0 Å². The zero-order valence-electron chi connectivity index (χ0n) is 11.3. The predicted octanol–water partition coefficient (Wildman–Crippen LogP) is 3.74. The molecule has 3 rings (SSSR count). The fourth-order valence-electron chi connectivity index (χ4n) is 2.85. The van der Waals surface area contributed by atoms with Crippen LogP contribution >= 0.6 is 0 Å². The maximum absolute atomic E-state index is 6.04. The highest BCUT2D eigenvalue weighted by molar-refractivity contribution is 5.79. The average Bonchev–Trinajstić information content (AvgIpc) is 2.72. The number of benzene rings is 2. The molecule has 1 aliphatic rings. The molecule has 0 fully saturated rings. The van der Waals surface area contributed by atoms with Gasteiger partial charge in [0.2, 0.25) is 5.79 Å². The van der Waals surface area contributed by atoms with E-state index in [9.17, 15) is 0 Å². The second-order valence-corrected chi connectivity index (χ2v) is 4.50. The summed E-state index contributed by atoms with van der Waals surface area (Å²) in [5.74, 6) is -0.771. The van der Waals surface area contributed by atoms with Gasteiger partial charge in [-0.25, -0.2) is 0 Å². The lowest BCUT2D eigenvalue weighted by Crippen LogP contribution is -2.32. The highest BCUT2D eigenvalue weighted by Gasteiger charge is 2.44. The minimum Gasteiger partial charge on any atom is -0.342 e. The molecule has 2 aromatic rings. The zero-order valence-corrected chi connectivity index (χ0v) is 11.3. The van der Waals surface area contributed by atoms with E-state index < -0.39 is 5.79 Å². The summed E-state index contributed by atoms with van der Waals surface area (Å²) in [6, 6.07) is 17.4. The van der Waals surface area contributed by atoms with E-state index in [1.165, 1.54) is 11.1 Å². The van der Waals surface area contributed by atoms with Gasteiger partial charge in [0, 0.05) is 24.3 Å². The van der Waals surface area contributed by atoms with Gasteiger partial charge in [-0.15, -0.1) is 0 Å². The van der Waals surface area contributed by atoms with Crippen molar-refractivity contribution in [2.45, 2.75) is 19.6 Å². The van der Waals surface area contributed by atoms with E-state index in [2.05, 4.69) is 24.3 Å². The van der Waals surface area contributed by atoms with Crippen molar-refractivity contribution in [2.24, 2.45) is 0 Å². The molecule has 0 spiro atoms. The summed E-state index contributed by atoms with van der Waals surface area (Å²) in [7, 11) is 0. The van der Waals surface area contributed by atoms with Crippen molar-refractivity contribution in [3.05, 3.63) is 59.7 Å². The molecule has 2 heteroatoms. The highest BCUT2D eigenvalue weighted by atomic mass is 16.7. The summed E-state index contributed by atoms with van der Waals surface area (Å²) in [6.07, 6.45) is 0. The third-order valence-electron chi connectivity index (χ3n) is 3.49. The van der Waals surface area contributed by atoms with Gasteiger partial charge in [-0.3, -0.25) is 0 Å². The standard InChI is InChI=1S/C17H17O2/c1-3-18-17(19-4-2)15-11-7-5-9-13(15)14-10-6-8-12-16(14)17/h5-7,9-12H,3-4H2,1-2H3. The summed E-state index contributed by atoms with van der Waals surface area (Å²) >= 11 is 0. The predicted molar refractivity (Wildman–Crippen MR) is 74.7 cm³/mol. The van der Waals surface area contributed by atoms with Gasteiger partial charge in [0.25, 0.3) is 0 Å². The van der Waals surface area contributed by atoms with Crippen LogP contribution in [0.5, 0.6) is 0 Å². The second-order valence-electron chi connectivity index (χ2n) is 4.50. The molecule has 2 aromatic carbocycles. The van der Waals surface area contributed by atoms with Gasteiger partial charge in [-0.05, 0) is 37.1 Å². The Morgan fingerprint density at radius 1 is 0.947 bits per heavy atom. The molecule has 0 atom stereocenters. The van der Waals surface area contributed by atoms with Crippen LogP contribution < -0.4 is 0 Å². The van der Waals surface area contributed by atoms with Crippen LogP contribution in [-0.2, 0) is 15.3 Å². The maximum Gasteiger partial charge on any atom is 0.223 e. The van der Waals surface area contributed by atoms with Crippen molar-refractivity contribution in [1.82, 2.24) is 0 Å². The molecule has 0 unspecified atom stereocenters. The molecule has 0 aliphatic heterocycles. The minimum atomic E-state index is -0.771. The van der Waals surface area contributed by atoms with Crippen molar-refractivity contribution < 1.29 is 9.47 Å². The Bertz CT molecular complexity index is 536. The number of fused-ring (bicyclic) bond motifs is 3.